The van der Waals surface area contributed by atoms with Crippen LogP contribution in [0.1, 0.15) is 0 Å². The molecule has 0 aliphatic carbocycles. The normalized spacial score (nSPS) is 10.1. The lowest BCUT2D eigenvalue weighted by molar-refractivity contribution is 0.565. The van der Waals surface area contributed by atoms with Crippen molar-refractivity contribution in [2.75, 3.05) is 0 Å². The van der Waals surface area contributed by atoms with Crippen LogP contribution in [0.3, 0.4) is 0 Å². The van der Waals surface area contributed by atoms with Gasteiger partial charge in [-0.05, 0) is 24.3 Å². The van der Waals surface area contributed by atoms with Gasteiger partial charge >= 0.3 is 0 Å². The zero-order valence-electron chi connectivity index (χ0n) is 8.95. The Balaban J connectivity index is 2.30. The van der Waals surface area contributed by atoms with E-state index in [9.17, 15) is 4.79 Å². The van der Waals surface area contributed by atoms with Crippen LogP contribution >= 0.6 is 0 Å². The highest BCUT2D eigenvalue weighted by Gasteiger charge is 1.97. The molecule has 0 bridgehead atoms. The SMILES string of the molecule is O=C=Nc1ccccc1N=Nc1ccccc1. The molecule has 0 fully saturated rings. The predicted molar refractivity (Wildman–Crippen MR) is 64.8 cm³/mol. The Kier molecular flexibility index (Phi) is 3.53. The Morgan fingerprint density at radius 1 is 0.765 bits per heavy atom. The van der Waals surface area contributed by atoms with Gasteiger partial charge in [-0.2, -0.15) is 10.1 Å². The Labute approximate surface area is 98.4 Å². The summed E-state index contributed by atoms with van der Waals surface area (Å²) >= 11 is 0. The standard InChI is InChI=1S/C13H9N3O/c17-10-14-12-8-4-5-9-13(12)16-15-11-6-2-1-3-7-11/h1-9H. The van der Waals surface area contributed by atoms with Crippen LogP contribution in [0.4, 0.5) is 17.1 Å². The summed E-state index contributed by atoms with van der Waals surface area (Å²) in [7, 11) is 0. The third-order valence-corrected chi connectivity index (χ3v) is 2.08. The molecule has 2 aromatic rings. The molecule has 2 aromatic carbocycles. The molecule has 0 aliphatic rings. The Morgan fingerprint density at radius 2 is 1.41 bits per heavy atom. The number of para-hydroxylation sites is 1. The number of azo groups is 1. The van der Waals surface area contributed by atoms with Gasteiger partial charge in [-0.3, -0.25) is 0 Å². The molecule has 0 N–H and O–H groups in total. The quantitative estimate of drug-likeness (QED) is 0.439. The van der Waals surface area contributed by atoms with Crippen molar-refractivity contribution in [2.24, 2.45) is 15.2 Å². The van der Waals surface area contributed by atoms with E-state index in [2.05, 4.69) is 15.2 Å². The topological polar surface area (TPSA) is 54.1 Å². The predicted octanol–water partition coefficient (Wildman–Crippen LogP) is 4.07. The molecule has 0 saturated heterocycles. The van der Waals surface area contributed by atoms with Crippen molar-refractivity contribution in [1.82, 2.24) is 0 Å². The van der Waals surface area contributed by atoms with E-state index < -0.39 is 0 Å². The molecule has 0 aliphatic heterocycles. The molecule has 0 amide bonds. The van der Waals surface area contributed by atoms with Crippen LogP contribution in [0.15, 0.2) is 69.8 Å². The molecule has 82 valence electrons. The minimum Gasteiger partial charge on any atom is -0.211 e. The van der Waals surface area contributed by atoms with E-state index in [0.717, 1.165) is 5.69 Å². The van der Waals surface area contributed by atoms with Crippen LogP contribution in [0.25, 0.3) is 0 Å². The highest BCUT2D eigenvalue weighted by Crippen LogP contribution is 2.28. The van der Waals surface area contributed by atoms with Crippen molar-refractivity contribution in [1.29, 1.82) is 0 Å². The third kappa shape index (κ3) is 2.93. The molecule has 0 spiro atoms. The molecule has 0 unspecified atom stereocenters. The van der Waals surface area contributed by atoms with E-state index in [1.165, 1.54) is 6.08 Å². The summed E-state index contributed by atoms with van der Waals surface area (Å²) < 4.78 is 0. The van der Waals surface area contributed by atoms with Gasteiger partial charge in [-0.25, -0.2) is 4.79 Å². The molecule has 0 saturated carbocycles. The molecular weight excluding hydrogens is 214 g/mol. The molecule has 17 heavy (non-hydrogen) atoms. The highest BCUT2D eigenvalue weighted by atomic mass is 16.1. The zero-order chi connectivity index (χ0) is 11.9. The minimum atomic E-state index is 0.460. The largest absolute Gasteiger partial charge is 0.240 e. The molecule has 4 heteroatoms. The molecule has 0 aromatic heterocycles. The summed E-state index contributed by atoms with van der Waals surface area (Å²) in [6.45, 7) is 0. The maximum Gasteiger partial charge on any atom is 0.240 e. The van der Waals surface area contributed by atoms with Crippen molar-refractivity contribution >= 4 is 23.1 Å². The van der Waals surface area contributed by atoms with Gasteiger partial charge in [0.25, 0.3) is 0 Å². The zero-order valence-corrected chi connectivity index (χ0v) is 8.95. The van der Waals surface area contributed by atoms with E-state index in [0.29, 0.717) is 11.4 Å². The van der Waals surface area contributed by atoms with Crippen molar-refractivity contribution in [3.05, 3.63) is 54.6 Å². The fourth-order valence-corrected chi connectivity index (χ4v) is 1.30. The van der Waals surface area contributed by atoms with Crippen LogP contribution in [-0.2, 0) is 4.79 Å². The maximum absolute atomic E-state index is 10.2. The van der Waals surface area contributed by atoms with Gasteiger partial charge in [0.15, 0.2) is 0 Å². The van der Waals surface area contributed by atoms with Gasteiger partial charge in [-0.1, -0.05) is 30.3 Å². The number of aliphatic imine (C=N–C) groups is 1. The average Bonchev–Trinajstić information content (AvgIpc) is 2.39. The summed E-state index contributed by atoms with van der Waals surface area (Å²) in [4.78, 5) is 13.8. The van der Waals surface area contributed by atoms with E-state index >= 15 is 0 Å². The van der Waals surface area contributed by atoms with Crippen LogP contribution in [0.2, 0.25) is 0 Å². The molecular formula is C13H9N3O. The summed E-state index contributed by atoms with van der Waals surface area (Å²) in [5.41, 5.74) is 1.75. The lowest BCUT2D eigenvalue weighted by Crippen LogP contribution is -1.67. The van der Waals surface area contributed by atoms with Crippen molar-refractivity contribution in [3.8, 4) is 0 Å². The number of hydrogen-bond donors (Lipinski definition) is 0. The Morgan fingerprint density at radius 3 is 2.12 bits per heavy atom. The molecule has 4 nitrogen and oxygen atoms in total. The molecule has 0 heterocycles. The van der Waals surface area contributed by atoms with E-state index in [-0.39, 0.29) is 0 Å². The fraction of sp³-hybridized carbons (Fsp3) is 0. The van der Waals surface area contributed by atoms with Gasteiger partial charge < -0.3 is 0 Å². The number of nitrogens with zero attached hydrogens (tertiary/aromatic N) is 3. The van der Waals surface area contributed by atoms with Crippen LogP contribution in [0.5, 0.6) is 0 Å². The second kappa shape index (κ2) is 5.49. The van der Waals surface area contributed by atoms with Gasteiger partial charge in [-0.15, -0.1) is 5.11 Å². The van der Waals surface area contributed by atoms with Crippen molar-refractivity contribution in [2.45, 2.75) is 0 Å². The maximum atomic E-state index is 10.2. The monoisotopic (exact) mass is 223 g/mol. The van der Waals surface area contributed by atoms with Crippen molar-refractivity contribution < 1.29 is 4.79 Å². The summed E-state index contributed by atoms with van der Waals surface area (Å²) in [5.74, 6) is 0. The second-order valence-electron chi connectivity index (χ2n) is 3.23. The first kappa shape index (κ1) is 10.9. The van der Waals surface area contributed by atoms with E-state index in [1.807, 2.05) is 36.4 Å². The smallest absolute Gasteiger partial charge is 0.211 e. The highest BCUT2D eigenvalue weighted by molar-refractivity contribution is 5.64. The molecule has 0 atom stereocenters. The Bertz CT molecular complexity index is 572. The van der Waals surface area contributed by atoms with Gasteiger partial charge in [0.05, 0.1) is 5.69 Å². The fourth-order valence-electron chi connectivity index (χ4n) is 1.30. The number of carbonyl (C=O) groups excluding carboxylic acids is 1. The number of isocyanates is 1. The van der Waals surface area contributed by atoms with Crippen LogP contribution in [-0.4, -0.2) is 6.08 Å². The van der Waals surface area contributed by atoms with Gasteiger partial charge in [0.1, 0.15) is 11.4 Å². The average molecular weight is 223 g/mol. The second-order valence-corrected chi connectivity index (χ2v) is 3.23. The first-order valence-corrected chi connectivity index (χ1v) is 5.04. The minimum absolute atomic E-state index is 0.460. The summed E-state index contributed by atoms with van der Waals surface area (Å²) in [6, 6.07) is 16.4. The lowest BCUT2D eigenvalue weighted by atomic mass is 10.3. The van der Waals surface area contributed by atoms with E-state index in [4.69, 9.17) is 0 Å². The van der Waals surface area contributed by atoms with Crippen molar-refractivity contribution in [3.63, 3.8) is 0 Å². The van der Waals surface area contributed by atoms with Crippen LogP contribution < -0.4 is 0 Å². The first-order valence-electron chi connectivity index (χ1n) is 5.04. The number of rotatable bonds is 3. The van der Waals surface area contributed by atoms with Gasteiger partial charge in [0.2, 0.25) is 6.08 Å². The van der Waals surface area contributed by atoms with Crippen LogP contribution in [0, 0.1) is 0 Å². The first-order chi connectivity index (χ1) is 8.40. The number of benzene rings is 2. The summed E-state index contributed by atoms with van der Waals surface area (Å²) in [6.07, 6.45) is 1.50. The summed E-state index contributed by atoms with van der Waals surface area (Å²) in [5, 5.41) is 8.10. The van der Waals surface area contributed by atoms with Gasteiger partial charge in [0, 0.05) is 0 Å². The van der Waals surface area contributed by atoms with E-state index in [1.54, 1.807) is 18.2 Å². The third-order valence-electron chi connectivity index (χ3n) is 2.08. The lowest BCUT2D eigenvalue weighted by Gasteiger charge is -1.95. The number of hydrogen-bond acceptors (Lipinski definition) is 4. The Hall–Kier alpha value is -2.58. The molecule has 0 radical (unpaired) electrons. The molecule has 2 rings (SSSR count).